The van der Waals surface area contributed by atoms with Gasteiger partial charge in [0.2, 0.25) is 0 Å². The van der Waals surface area contributed by atoms with Gasteiger partial charge in [0, 0.05) is 6.04 Å². The monoisotopic (exact) mass is 286 g/mol. The molecule has 1 aliphatic rings. The maximum absolute atomic E-state index is 12.4. The number of nitrogens with zero attached hydrogens (tertiary/aromatic N) is 1. The molecule has 2 unspecified atom stereocenters. The van der Waals surface area contributed by atoms with Crippen molar-refractivity contribution in [1.29, 1.82) is 0 Å². The van der Waals surface area contributed by atoms with Gasteiger partial charge in [-0.2, -0.15) is 13.2 Å². The fourth-order valence-corrected chi connectivity index (χ4v) is 3.02. The second-order valence-electron chi connectivity index (χ2n) is 6.57. The SMILES string of the molecule is CC1CC(C)(C)CCC1Nc1ccc(C(F)(F)F)nc1. The number of halogens is 3. The number of alkyl halides is 3. The van der Waals surface area contributed by atoms with Gasteiger partial charge in [-0.05, 0) is 42.7 Å². The molecular formula is C15H21F3N2. The summed E-state index contributed by atoms with van der Waals surface area (Å²) in [5.41, 5.74) is 0.172. The Labute approximate surface area is 117 Å². The highest BCUT2D eigenvalue weighted by atomic mass is 19.4. The van der Waals surface area contributed by atoms with Crippen LogP contribution in [0.3, 0.4) is 0 Å². The Hall–Kier alpha value is -1.26. The van der Waals surface area contributed by atoms with E-state index in [0.29, 0.717) is 23.1 Å². The van der Waals surface area contributed by atoms with Crippen molar-refractivity contribution in [2.75, 3.05) is 5.32 Å². The van der Waals surface area contributed by atoms with E-state index in [1.165, 1.54) is 12.3 Å². The molecule has 0 bridgehead atoms. The molecule has 112 valence electrons. The molecule has 1 aliphatic carbocycles. The van der Waals surface area contributed by atoms with Gasteiger partial charge in [-0.3, -0.25) is 0 Å². The van der Waals surface area contributed by atoms with Crippen LogP contribution in [0.2, 0.25) is 0 Å². The molecule has 0 radical (unpaired) electrons. The lowest BCUT2D eigenvalue weighted by Crippen LogP contribution is -2.36. The molecule has 0 saturated heterocycles. The van der Waals surface area contributed by atoms with Crippen LogP contribution in [0.25, 0.3) is 0 Å². The Morgan fingerprint density at radius 3 is 2.50 bits per heavy atom. The molecule has 1 aromatic rings. The van der Waals surface area contributed by atoms with Crippen molar-refractivity contribution in [3.8, 4) is 0 Å². The van der Waals surface area contributed by atoms with Crippen molar-refractivity contribution in [3.63, 3.8) is 0 Å². The third-order valence-corrected chi connectivity index (χ3v) is 4.10. The molecule has 0 spiro atoms. The maximum Gasteiger partial charge on any atom is 0.433 e. The third-order valence-electron chi connectivity index (χ3n) is 4.10. The molecule has 0 aliphatic heterocycles. The summed E-state index contributed by atoms with van der Waals surface area (Å²) in [6.07, 6.45) is 0.187. The quantitative estimate of drug-likeness (QED) is 0.850. The molecule has 2 atom stereocenters. The number of nitrogens with one attached hydrogen (secondary N) is 1. The van der Waals surface area contributed by atoms with Crippen molar-refractivity contribution >= 4 is 5.69 Å². The zero-order valence-corrected chi connectivity index (χ0v) is 12.1. The first-order chi connectivity index (χ1) is 9.17. The van der Waals surface area contributed by atoms with E-state index in [-0.39, 0.29) is 0 Å². The van der Waals surface area contributed by atoms with E-state index < -0.39 is 11.9 Å². The predicted molar refractivity (Wildman–Crippen MR) is 73.4 cm³/mol. The topological polar surface area (TPSA) is 24.9 Å². The van der Waals surface area contributed by atoms with Gasteiger partial charge in [0.25, 0.3) is 0 Å². The van der Waals surface area contributed by atoms with Crippen LogP contribution in [0.15, 0.2) is 18.3 Å². The van der Waals surface area contributed by atoms with Gasteiger partial charge in [0.15, 0.2) is 0 Å². The minimum atomic E-state index is -4.37. The van der Waals surface area contributed by atoms with Gasteiger partial charge in [-0.15, -0.1) is 0 Å². The standard InChI is InChI=1S/C15H21F3N2/c1-10-8-14(2,3)7-6-12(10)20-11-4-5-13(19-9-11)15(16,17)18/h4-5,9-10,12,20H,6-8H2,1-3H3. The van der Waals surface area contributed by atoms with Crippen molar-refractivity contribution in [1.82, 2.24) is 4.98 Å². The van der Waals surface area contributed by atoms with Crippen LogP contribution in [0.1, 0.15) is 45.7 Å². The van der Waals surface area contributed by atoms with E-state index in [4.69, 9.17) is 0 Å². The van der Waals surface area contributed by atoms with Crippen molar-refractivity contribution in [2.24, 2.45) is 11.3 Å². The summed E-state index contributed by atoms with van der Waals surface area (Å²) < 4.78 is 37.3. The predicted octanol–water partition coefficient (Wildman–Crippen LogP) is 4.73. The number of hydrogen-bond acceptors (Lipinski definition) is 2. The number of rotatable bonds is 2. The lowest BCUT2D eigenvalue weighted by Gasteiger charge is -2.40. The van der Waals surface area contributed by atoms with Gasteiger partial charge in [-0.1, -0.05) is 20.8 Å². The van der Waals surface area contributed by atoms with Gasteiger partial charge in [0.05, 0.1) is 11.9 Å². The van der Waals surface area contributed by atoms with E-state index in [0.717, 1.165) is 25.3 Å². The normalized spacial score (nSPS) is 26.3. The number of hydrogen-bond donors (Lipinski definition) is 1. The molecule has 0 aromatic carbocycles. The van der Waals surface area contributed by atoms with Gasteiger partial charge < -0.3 is 5.32 Å². The molecule has 1 aromatic heterocycles. The van der Waals surface area contributed by atoms with Crippen LogP contribution in [-0.2, 0) is 6.18 Å². The molecular weight excluding hydrogens is 265 g/mol. The van der Waals surface area contributed by atoms with Crippen molar-refractivity contribution in [2.45, 2.75) is 52.3 Å². The summed E-state index contributed by atoms with van der Waals surface area (Å²) in [7, 11) is 0. The summed E-state index contributed by atoms with van der Waals surface area (Å²) in [6, 6.07) is 2.80. The van der Waals surface area contributed by atoms with Crippen LogP contribution in [0, 0.1) is 11.3 Å². The summed E-state index contributed by atoms with van der Waals surface area (Å²) in [5, 5.41) is 3.32. The summed E-state index contributed by atoms with van der Waals surface area (Å²) in [5.74, 6) is 0.501. The summed E-state index contributed by atoms with van der Waals surface area (Å²) >= 11 is 0. The molecule has 5 heteroatoms. The van der Waals surface area contributed by atoms with Crippen molar-refractivity contribution < 1.29 is 13.2 Å². The minimum absolute atomic E-state index is 0.307. The maximum atomic E-state index is 12.4. The lowest BCUT2D eigenvalue weighted by atomic mass is 9.70. The second-order valence-corrected chi connectivity index (χ2v) is 6.57. The Balaban J connectivity index is 2.01. The van der Waals surface area contributed by atoms with E-state index in [1.807, 2.05) is 0 Å². The van der Waals surface area contributed by atoms with Gasteiger partial charge in [-0.25, -0.2) is 4.98 Å². The number of aromatic nitrogens is 1. The first kappa shape index (κ1) is 15.1. The van der Waals surface area contributed by atoms with Gasteiger partial charge >= 0.3 is 6.18 Å². The van der Waals surface area contributed by atoms with Crippen LogP contribution in [0.4, 0.5) is 18.9 Å². The van der Waals surface area contributed by atoms with E-state index in [9.17, 15) is 13.2 Å². The molecule has 20 heavy (non-hydrogen) atoms. The molecule has 1 saturated carbocycles. The van der Waals surface area contributed by atoms with E-state index in [1.54, 1.807) is 0 Å². The zero-order chi connectivity index (χ0) is 15.0. The lowest BCUT2D eigenvalue weighted by molar-refractivity contribution is -0.141. The Bertz CT molecular complexity index is 451. The average Bonchev–Trinajstić information content (AvgIpc) is 2.32. The Morgan fingerprint density at radius 2 is 2.00 bits per heavy atom. The van der Waals surface area contributed by atoms with E-state index >= 15 is 0 Å². The van der Waals surface area contributed by atoms with Gasteiger partial charge in [0.1, 0.15) is 5.69 Å². The molecule has 2 nitrogen and oxygen atoms in total. The van der Waals surface area contributed by atoms with Crippen molar-refractivity contribution in [3.05, 3.63) is 24.0 Å². The third kappa shape index (κ3) is 3.64. The smallest absolute Gasteiger partial charge is 0.381 e. The summed E-state index contributed by atoms with van der Waals surface area (Å²) in [4.78, 5) is 3.48. The average molecular weight is 286 g/mol. The fourth-order valence-electron chi connectivity index (χ4n) is 3.02. The highest BCUT2D eigenvalue weighted by Crippen LogP contribution is 2.39. The Kier molecular flexibility index (Phi) is 3.98. The first-order valence-corrected chi connectivity index (χ1v) is 6.97. The fraction of sp³-hybridized carbons (Fsp3) is 0.667. The first-order valence-electron chi connectivity index (χ1n) is 6.97. The largest absolute Gasteiger partial charge is 0.433 e. The highest BCUT2D eigenvalue weighted by Gasteiger charge is 2.33. The van der Waals surface area contributed by atoms with Crippen LogP contribution >= 0.6 is 0 Å². The zero-order valence-electron chi connectivity index (χ0n) is 12.1. The number of anilines is 1. The second kappa shape index (κ2) is 5.26. The molecule has 2 rings (SSSR count). The molecule has 0 amide bonds. The molecule has 1 fully saturated rings. The highest BCUT2D eigenvalue weighted by molar-refractivity contribution is 5.42. The van der Waals surface area contributed by atoms with Crippen LogP contribution in [0.5, 0.6) is 0 Å². The minimum Gasteiger partial charge on any atom is -0.381 e. The number of pyridine rings is 1. The van der Waals surface area contributed by atoms with Crippen LogP contribution < -0.4 is 5.32 Å². The Morgan fingerprint density at radius 1 is 1.30 bits per heavy atom. The molecule has 1 heterocycles. The van der Waals surface area contributed by atoms with Crippen LogP contribution in [-0.4, -0.2) is 11.0 Å². The summed E-state index contributed by atoms with van der Waals surface area (Å²) in [6.45, 7) is 6.72. The molecule has 1 N–H and O–H groups in total. The van der Waals surface area contributed by atoms with E-state index in [2.05, 4.69) is 31.1 Å².